The van der Waals surface area contributed by atoms with Gasteiger partial charge in [0.1, 0.15) is 5.82 Å². The van der Waals surface area contributed by atoms with E-state index in [9.17, 15) is 4.79 Å². The maximum Gasteiger partial charge on any atom is 0.247 e. The van der Waals surface area contributed by atoms with Crippen LogP contribution in [0.1, 0.15) is 35.6 Å². The SMILES string of the molecule is CC/C(=C\c1ccccc1)C(=O)NCc1ccc(CNc2cc(-c3ccccc3C)nc3c(Br)cnn23)cc1. The van der Waals surface area contributed by atoms with E-state index in [0.29, 0.717) is 19.5 Å². The van der Waals surface area contributed by atoms with Crippen molar-refractivity contribution in [3.8, 4) is 11.3 Å². The van der Waals surface area contributed by atoms with Crippen molar-refractivity contribution in [2.75, 3.05) is 5.32 Å². The number of anilines is 1. The first-order chi connectivity index (χ1) is 19.0. The number of aryl methyl sites for hydroxylation is 1. The number of benzene rings is 3. The number of amides is 1. The summed E-state index contributed by atoms with van der Waals surface area (Å²) in [5.41, 5.74) is 7.87. The van der Waals surface area contributed by atoms with Gasteiger partial charge in [0.25, 0.3) is 0 Å². The summed E-state index contributed by atoms with van der Waals surface area (Å²) in [6.45, 7) is 5.19. The predicted octanol–water partition coefficient (Wildman–Crippen LogP) is 7.19. The van der Waals surface area contributed by atoms with Crippen molar-refractivity contribution < 1.29 is 4.79 Å². The highest BCUT2D eigenvalue weighted by Crippen LogP contribution is 2.28. The van der Waals surface area contributed by atoms with E-state index in [4.69, 9.17) is 4.98 Å². The van der Waals surface area contributed by atoms with E-state index in [1.807, 2.05) is 66.0 Å². The largest absolute Gasteiger partial charge is 0.366 e. The Kier molecular flexibility index (Phi) is 8.18. The maximum atomic E-state index is 12.7. The van der Waals surface area contributed by atoms with E-state index in [-0.39, 0.29) is 5.91 Å². The third-order valence-electron chi connectivity index (χ3n) is 6.61. The fraction of sp³-hybridized carbons (Fsp3) is 0.156. The first kappa shape index (κ1) is 26.4. The van der Waals surface area contributed by atoms with Gasteiger partial charge in [-0.2, -0.15) is 9.61 Å². The summed E-state index contributed by atoms with van der Waals surface area (Å²) >= 11 is 3.58. The van der Waals surface area contributed by atoms with Gasteiger partial charge in [0.2, 0.25) is 5.91 Å². The van der Waals surface area contributed by atoms with Crippen LogP contribution in [-0.2, 0) is 17.9 Å². The second-order valence-electron chi connectivity index (χ2n) is 9.36. The van der Waals surface area contributed by atoms with Crippen LogP contribution in [0.3, 0.4) is 0 Å². The number of fused-ring (bicyclic) bond motifs is 1. The van der Waals surface area contributed by atoms with E-state index in [2.05, 4.69) is 75.0 Å². The van der Waals surface area contributed by atoms with Crippen LogP contribution < -0.4 is 10.6 Å². The minimum atomic E-state index is -0.0383. The molecule has 0 aliphatic heterocycles. The Morgan fingerprint density at radius 2 is 1.64 bits per heavy atom. The fourth-order valence-electron chi connectivity index (χ4n) is 4.40. The lowest BCUT2D eigenvalue weighted by Gasteiger charge is -2.13. The van der Waals surface area contributed by atoms with Crippen LogP contribution in [0.4, 0.5) is 5.82 Å². The number of aromatic nitrogens is 3. The second kappa shape index (κ2) is 12.1. The zero-order valence-electron chi connectivity index (χ0n) is 22.0. The van der Waals surface area contributed by atoms with E-state index < -0.39 is 0 Å². The lowest BCUT2D eigenvalue weighted by Crippen LogP contribution is -2.24. The van der Waals surface area contributed by atoms with Gasteiger partial charge in [0.05, 0.1) is 16.4 Å². The van der Waals surface area contributed by atoms with Crippen LogP contribution in [0.25, 0.3) is 23.0 Å². The van der Waals surface area contributed by atoms with Crippen LogP contribution in [0.15, 0.2) is 101 Å². The summed E-state index contributed by atoms with van der Waals surface area (Å²) in [4.78, 5) is 17.6. The van der Waals surface area contributed by atoms with Crippen LogP contribution in [0.2, 0.25) is 0 Å². The van der Waals surface area contributed by atoms with Gasteiger partial charge in [0.15, 0.2) is 5.65 Å². The van der Waals surface area contributed by atoms with Gasteiger partial charge in [-0.3, -0.25) is 4.79 Å². The highest BCUT2D eigenvalue weighted by molar-refractivity contribution is 9.10. The Labute approximate surface area is 236 Å². The molecular weight excluding hydrogens is 550 g/mol. The summed E-state index contributed by atoms with van der Waals surface area (Å²) < 4.78 is 2.65. The molecule has 0 aliphatic carbocycles. The second-order valence-corrected chi connectivity index (χ2v) is 10.2. The molecular formula is C32H30BrN5O. The minimum absolute atomic E-state index is 0.0383. The molecule has 2 heterocycles. The molecule has 2 aromatic heterocycles. The molecule has 0 unspecified atom stereocenters. The van der Waals surface area contributed by atoms with Gasteiger partial charge < -0.3 is 10.6 Å². The van der Waals surface area contributed by atoms with Crippen molar-refractivity contribution in [2.24, 2.45) is 0 Å². The number of nitrogens with one attached hydrogen (secondary N) is 2. The third-order valence-corrected chi connectivity index (χ3v) is 7.17. The van der Waals surface area contributed by atoms with Crippen molar-refractivity contribution >= 4 is 39.4 Å². The molecule has 6 nitrogen and oxygen atoms in total. The van der Waals surface area contributed by atoms with E-state index in [1.54, 1.807) is 6.20 Å². The highest BCUT2D eigenvalue weighted by atomic mass is 79.9. The molecule has 0 saturated heterocycles. The van der Waals surface area contributed by atoms with Gasteiger partial charge in [-0.1, -0.05) is 85.8 Å². The summed E-state index contributed by atoms with van der Waals surface area (Å²) in [5, 5.41) is 11.1. The molecule has 0 saturated carbocycles. The highest BCUT2D eigenvalue weighted by Gasteiger charge is 2.13. The number of carbonyl (C=O) groups is 1. The number of rotatable bonds is 9. The van der Waals surface area contributed by atoms with Crippen molar-refractivity contribution in [3.63, 3.8) is 0 Å². The average Bonchev–Trinajstić information content (AvgIpc) is 3.35. The molecule has 5 aromatic rings. The lowest BCUT2D eigenvalue weighted by atomic mass is 10.1. The molecule has 5 rings (SSSR count). The fourth-order valence-corrected chi connectivity index (χ4v) is 4.75. The first-order valence-corrected chi connectivity index (χ1v) is 13.8. The molecule has 0 fully saturated rings. The van der Waals surface area contributed by atoms with Crippen LogP contribution in [0.5, 0.6) is 0 Å². The molecule has 0 aliphatic rings. The van der Waals surface area contributed by atoms with Gasteiger partial charge >= 0.3 is 0 Å². The Bertz CT molecular complexity index is 1620. The molecule has 0 radical (unpaired) electrons. The van der Waals surface area contributed by atoms with Crippen LogP contribution in [0, 0.1) is 6.92 Å². The molecule has 0 atom stereocenters. The Balaban J connectivity index is 1.25. The van der Waals surface area contributed by atoms with Gasteiger partial charge in [-0.25, -0.2) is 4.98 Å². The number of hydrogen-bond acceptors (Lipinski definition) is 4. The molecule has 0 spiro atoms. The van der Waals surface area contributed by atoms with Gasteiger partial charge in [0, 0.05) is 30.3 Å². The molecule has 7 heteroatoms. The smallest absolute Gasteiger partial charge is 0.247 e. The van der Waals surface area contributed by atoms with Gasteiger partial charge in [-0.15, -0.1) is 0 Å². The van der Waals surface area contributed by atoms with E-state index in [1.165, 1.54) is 5.56 Å². The average molecular weight is 581 g/mol. The number of nitrogens with zero attached hydrogens (tertiary/aromatic N) is 3. The standard InChI is InChI=1S/C32H30BrN5O/c1-3-26(17-23-10-5-4-6-11-23)32(39)35-20-25-15-13-24(14-16-25)19-34-30-18-29(27-12-8-7-9-22(27)2)37-31-28(33)21-36-38(30)31/h4-18,21,34H,3,19-20H2,1-2H3,(H,35,39)/b26-17+. The quantitative estimate of drug-likeness (QED) is 0.181. The molecule has 196 valence electrons. The Morgan fingerprint density at radius 1 is 0.949 bits per heavy atom. The molecule has 1 amide bonds. The normalized spacial score (nSPS) is 11.5. The van der Waals surface area contributed by atoms with Crippen molar-refractivity contribution in [1.29, 1.82) is 0 Å². The molecule has 2 N–H and O–H groups in total. The zero-order valence-corrected chi connectivity index (χ0v) is 23.6. The third kappa shape index (κ3) is 6.26. The summed E-state index contributed by atoms with van der Waals surface area (Å²) in [5.74, 6) is 0.821. The Morgan fingerprint density at radius 3 is 2.36 bits per heavy atom. The number of hydrogen-bond donors (Lipinski definition) is 2. The number of carbonyl (C=O) groups excluding carboxylic acids is 1. The van der Waals surface area contributed by atoms with Crippen molar-refractivity contribution in [3.05, 3.63) is 123 Å². The van der Waals surface area contributed by atoms with E-state index in [0.717, 1.165) is 49.5 Å². The predicted molar refractivity (Wildman–Crippen MR) is 161 cm³/mol. The Hall–Kier alpha value is -4.23. The summed E-state index contributed by atoms with van der Waals surface area (Å²) in [7, 11) is 0. The van der Waals surface area contributed by atoms with Crippen LogP contribution >= 0.6 is 15.9 Å². The van der Waals surface area contributed by atoms with Crippen molar-refractivity contribution in [2.45, 2.75) is 33.4 Å². The molecule has 39 heavy (non-hydrogen) atoms. The van der Waals surface area contributed by atoms with E-state index >= 15 is 0 Å². The summed E-state index contributed by atoms with van der Waals surface area (Å²) in [6.07, 6.45) is 4.38. The van der Waals surface area contributed by atoms with Gasteiger partial charge in [-0.05, 0) is 57.6 Å². The maximum absolute atomic E-state index is 12.7. The number of halogens is 1. The van der Waals surface area contributed by atoms with Crippen LogP contribution in [-0.4, -0.2) is 20.5 Å². The lowest BCUT2D eigenvalue weighted by molar-refractivity contribution is -0.117. The molecule has 3 aromatic carbocycles. The molecule has 0 bridgehead atoms. The first-order valence-electron chi connectivity index (χ1n) is 13.0. The minimum Gasteiger partial charge on any atom is -0.366 e. The summed E-state index contributed by atoms with van der Waals surface area (Å²) in [6, 6.07) is 28.4. The van der Waals surface area contributed by atoms with Crippen molar-refractivity contribution in [1.82, 2.24) is 19.9 Å². The monoisotopic (exact) mass is 579 g/mol. The zero-order chi connectivity index (χ0) is 27.2. The topological polar surface area (TPSA) is 71.3 Å².